The number of hydrogen-bond donors (Lipinski definition) is 0. The number of nitrogens with zero attached hydrogens (tertiary/aromatic N) is 2. The number of amides is 1. The molecule has 3 heterocycles. The monoisotopic (exact) mass is 398 g/mol. The molecule has 0 aliphatic carbocycles. The zero-order valence-corrected chi connectivity index (χ0v) is 15.1. The fraction of sp³-hybridized carbons (Fsp3) is 0.158. The first kappa shape index (κ1) is 15.9. The van der Waals surface area contributed by atoms with Gasteiger partial charge in [-0.15, -0.1) is 0 Å². The van der Waals surface area contributed by atoms with Crippen LogP contribution in [0.5, 0.6) is 0 Å². The van der Waals surface area contributed by atoms with Gasteiger partial charge in [0.25, 0.3) is 0 Å². The molecule has 0 fully saturated rings. The van der Waals surface area contributed by atoms with Gasteiger partial charge < -0.3 is 8.83 Å². The van der Waals surface area contributed by atoms with Crippen LogP contribution >= 0.6 is 15.9 Å². The number of rotatable bonds is 3. The number of hydrogen-bond acceptors (Lipinski definition) is 4. The minimum Gasteiger partial charge on any atom is -0.460 e. The van der Waals surface area contributed by atoms with Gasteiger partial charge in [0.05, 0.1) is 12.3 Å². The Balaban J connectivity index is 1.72. The van der Waals surface area contributed by atoms with E-state index in [4.69, 9.17) is 8.83 Å². The van der Waals surface area contributed by atoms with Crippen LogP contribution in [0.4, 0.5) is 0 Å². The highest BCUT2D eigenvalue weighted by atomic mass is 79.9. The van der Waals surface area contributed by atoms with Gasteiger partial charge in [-0.05, 0) is 48.9 Å². The Labute approximate surface area is 153 Å². The molecule has 4 rings (SSSR count). The van der Waals surface area contributed by atoms with Crippen molar-refractivity contribution < 1.29 is 13.6 Å². The largest absolute Gasteiger partial charge is 0.460 e. The molecule has 5 nitrogen and oxygen atoms in total. The number of hydrazone groups is 1. The average molecular weight is 399 g/mol. The Morgan fingerprint density at radius 1 is 1.20 bits per heavy atom. The molecule has 0 unspecified atom stereocenters. The lowest BCUT2D eigenvalue weighted by molar-refractivity contribution is 0.0678. The summed E-state index contributed by atoms with van der Waals surface area (Å²) < 4.78 is 11.9. The maximum Gasteiger partial charge on any atom is 0.310 e. The number of furan rings is 2. The highest BCUT2D eigenvalue weighted by molar-refractivity contribution is 9.10. The lowest BCUT2D eigenvalue weighted by Gasteiger charge is -2.21. The van der Waals surface area contributed by atoms with E-state index in [9.17, 15) is 4.79 Å². The molecule has 1 atom stereocenters. The van der Waals surface area contributed by atoms with Crippen molar-refractivity contribution >= 4 is 27.5 Å². The molecule has 25 heavy (non-hydrogen) atoms. The van der Waals surface area contributed by atoms with Gasteiger partial charge in [0.15, 0.2) is 5.76 Å². The van der Waals surface area contributed by atoms with Crippen LogP contribution in [0.3, 0.4) is 0 Å². The molecule has 3 aromatic rings. The summed E-state index contributed by atoms with van der Waals surface area (Å²) in [6.07, 6.45) is 2.07. The molecule has 126 valence electrons. The number of aryl methyl sites for hydroxylation is 1. The van der Waals surface area contributed by atoms with Crippen LogP contribution in [0.25, 0.3) is 0 Å². The standard InChI is InChI=1S/C19H15BrN2O3/c1-12-4-9-17(25-12)15-11-16(13-5-7-14(20)8-6-13)22(21-15)19(23)18-3-2-10-24-18/h2-10,16H,11H2,1H3/t16-/m1/s1. The van der Waals surface area contributed by atoms with Crippen molar-refractivity contribution in [3.63, 3.8) is 0 Å². The van der Waals surface area contributed by atoms with Crippen LogP contribution in [0.2, 0.25) is 0 Å². The number of carbonyl (C=O) groups is 1. The summed E-state index contributed by atoms with van der Waals surface area (Å²) >= 11 is 3.44. The molecule has 6 heteroatoms. The summed E-state index contributed by atoms with van der Waals surface area (Å²) in [5.41, 5.74) is 1.76. The van der Waals surface area contributed by atoms with Crippen molar-refractivity contribution in [1.29, 1.82) is 0 Å². The van der Waals surface area contributed by atoms with E-state index in [-0.39, 0.29) is 17.7 Å². The molecule has 1 aliphatic rings. The third-order valence-corrected chi connectivity index (χ3v) is 4.66. The highest BCUT2D eigenvalue weighted by Gasteiger charge is 2.35. The van der Waals surface area contributed by atoms with Crippen LogP contribution in [0.1, 0.15) is 40.1 Å². The molecule has 0 radical (unpaired) electrons. The zero-order chi connectivity index (χ0) is 17.4. The molecular formula is C19H15BrN2O3. The number of carbonyl (C=O) groups excluding carboxylic acids is 1. The fourth-order valence-corrected chi connectivity index (χ4v) is 3.16. The molecule has 2 aromatic heterocycles. The fourth-order valence-electron chi connectivity index (χ4n) is 2.89. The van der Waals surface area contributed by atoms with Crippen LogP contribution in [0.15, 0.2) is 73.2 Å². The van der Waals surface area contributed by atoms with Crippen molar-refractivity contribution in [2.75, 3.05) is 0 Å². The summed E-state index contributed by atoms with van der Waals surface area (Å²) in [5.74, 6) is 1.50. The van der Waals surface area contributed by atoms with Gasteiger partial charge in [0, 0.05) is 10.9 Å². The van der Waals surface area contributed by atoms with Crippen LogP contribution in [-0.4, -0.2) is 16.6 Å². The SMILES string of the molecule is Cc1ccc(C2=NN(C(=O)c3ccco3)[C@@H](c3ccc(Br)cc3)C2)o1. The summed E-state index contributed by atoms with van der Waals surface area (Å²) in [6.45, 7) is 1.89. The molecule has 0 saturated carbocycles. The van der Waals surface area contributed by atoms with Crippen molar-refractivity contribution in [3.8, 4) is 0 Å². The molecule has 0 bridgehead atoms. The van der Waals surface area contributed by atoms with Gasteiger partial charge in [-0.3, -0.25) is 4.79 Å². The number of benzene rings is 1. The van der Waals surface area contributed by atoms with Crippen LogP contribution in [-0.2, 0) is 0 Å². The van der Waals surface area contributed by atoms with Gasteiger partial charge in [-0.25, -0.2) is 5.01 Å². The predicted molar refractivity (Wildman–Crippen MR) is 96.4 cm³/mol. The number of halogens is 1. The Kier molecular flexibility index (Phi) is 4.05. The maximum absolute atomic E-state index is 12.8. The first-order valence-electron chi connectivity index (χ1n) is 7.88. The highest BCUT2D eigenvalue weighted by Crippen LogP contribution is 2.34. The molecule has 0 N–H and O–H groups in total. The van der Waals surface area contributed by atoms with E-state index in [0.717, 1.165) is 21.5 Å². The summed E-state index contributed by atoms with van der Waals surface area (Å²) in [6, 6.07) is 14.8. The van der Waals surface area contributed by atoms with Gasteiger partial charge in [-0.2, -0.15) is 5.10 Å². The second-order valence-electron chi connectivity index (χ2n) is 5.86. The van der Waals surface area contributed by atoms with Gasteiger partial charge in [0.2, 0.25) is 0 Å². The Bertz CT molecular complexity index is 926. The van der Waals surface area contributed by atoms with E-state index in [0.29, 0.717) is 12.2 Å². The maximum atomic E-state index is 12.8. The average Bonchev–Trinajstić information content (AvgIpc) is 3.35. The first-order valence-corrected chi connectivity index (χ1v) is 8.68. The van der Waals surface area contributed by atoms with E-state index < -0.39 is 0 Å². The summed E-state index contributed by atoms with van der Waals surface area (Å²) in [7, 11) is 0. The van der Waals surface area contributed by atoms with Gasteiger partial charge >= 0.3 is 5.91 Å². The molecule has 0 spiro atoms. The van der Waals surface area contributed by atoms with E-state index in [1.54, 1.807) is 12.1 Å². The molecule has 1 aliphatic heterocycles. The van der Waals surface area contributed by atoms with E-state index in [2.05, 4.69) is 21.0 Å². The Hall–Kier alpha value is -2.60. The van der Waals surface area contributed by atoms with E-state index >= 15 is 0 Å². The van der Waals surface area contributed by atoms with Crippen molar-refractivity contribution in [2.45, 2.75) is 19.4 Å². The van der Waals surface area contributed by atoms with Gasteiger partial charge in [0.1, 0.15) is 17.2 Å². The third-order valence-electron chi connectivity index (χ3n) is 4.13. The van der Waals surface area contributed by atoms with Crippen LogP contribution in [0, 0.1) is 6.92 Å². The van der Waals surface area contributed by atoms with E-state index in [1.165, 1.54) is 11.3 Å². The van der Waals surface area contributed by atoms with E-state index in [1.807, 2.05) is 43.3 Å². The lowest BCUT2D eigenvalue weighted by Crippen LogP contribution is -2.26. The predicted octanol–water partition coefficient (Wildman–Crippen LogP) is 4.94. The topological polar surface area (TPSA) is 59.0 Å². The first-order chi connectivity index (χ1) is 12.1. The molecule has 1 aromatic carbocycles. The van der Waals surface area contributed by atoms with Gasteiger partial charge in [-0.1, -0.05) is 28.1 Å². The summed E-state index contributed by atoms with van der Waals surface area (Å²) in [4.78, 5) is 12.8. The smallest absolute Gasteiger partial charge is 0.310 e. The molecule has 0 saturated heterocycles. The Morgan fingerprint density at radius 3 is 2.64 bits per heavy atom. The quantitative estimate of drug-likeness (QED) is 0.627. The van der Waals surface area contributed by atoms with Crippen molar-refractivity contribution in [2.24, 2.45) is 5.10 Å². The van der Waals surface area contributed by atoms with Crippen LogP contribution < -0.4 is 0 Å². The Morgan fingerprint density at radius 2 is 2.00 bits per heavy atom. The second-order valence-corrected chi connectivity index (χ2v) is 6.77. The lowest BCUT2D eigenvalue weighted by atomic mass is 10.0. The molecule has 1 amide bonds. The zero-order valence-electron chi connectivity index (χ0n) is 13.5. The van der Waals surface area contributed by atoms with Crippen molar-refractivity contribution in [1.82, 2.24) is 5.01 Å². The minimum atomic E-state index is -0.267. The third kappa shape index (κ3) is 3.05. The molecular weight excluding hydrogens is 384 g/mol. The van der Waals surface area contributed by atoms with Crippen molar-refractivity contribution in [3.05, 3.63) is 82.1 Å². The normalized spacial score (nSPS) is 17.0. The summed E-state index contributed by atoms with van der Waals surface area (Å²) in [5, 5.41) is 6.02. The minimum absolute atomic E-state index is 0.203. The second kappa shape index (κ2) is 6.37.